The Bertz CT molecular complexity index is 545. The molecule has 98 valence electrons. The zero-order chi connectivity index (χ0) is 13.7. The predicted molar refractivity (Wildman–Crippen MR) is 79.9 cm³/mol. The van der Waals surface area contributed by atoms with Crippen LogP contribution < -0.4 is 10.2 Å². The molecule has 2 rings (SSSR count). The Kier molecular flexibility index (Phi) is 4.03. The second-order valence-electron chi connectivity index (χ2n) is 4.43. The van der Waals surface area contributed by atoms with Crippen LogP contribution in [0, 0.1) is 0 Å². The summed E-state index contributed by atoms with van der Waals surface area (Å²) in [5, 5.41) is 14.8. The molecule has 0 atom stereocenters. The first-order chi connectivity index (χ1) is 9.19. The van der Waals surface area contributed by atoms with Gasteiger partial charge in [0.05, 0.1) is 6.21 Å². The van der Waals surface area contributed by atoms with Crippen LogP contribution in [0.2, 0.25) is 0 Å². The molecule has 2 aromatic carbocycles. The molecular weight excluding hydrogens is 238 g/mol. The molecule has 0 saturated carbocycles. The summed E-state index contributed by atoms with van der Waals surface area (Å²) in [5.41, 5.74) is 4.05. The van der Waals surface area contributed by atoms with E-state index in [2.05, 4.69) is 27.5 Å². The summed E-state index contributed by atoms with van der Waals surface area (Å²) in [4.78, 5) is 2.06. The number of hydrogen-bond donors (Lipinski definition) is 2. The topological polar surface area (TPSA) is 47.9 Å². The van der Waals surface area contributed by atoms with Gasteiger partial charge in [0.25, 0.3) is 0 Å². The standard InChI is InChI=1S/C15H17N3O/c1-18(2)15-9-7-14(8-10-15)17-13-5-3-12(4-6-13)11-16-19/h3-11,17,19H,1-2H3/b16-11+. The van der Waals surface area contributed by atoms with Crippen LogP contribution >= 0.6 is 0 Å². The molecule has 4 heteroatoms. The molecule has 0 aliphatic rings. The molecule has 2 N–H and O–H groups in total. The van der Waals surface area contributed by atoms with Crippen molar-refractivity contribution in [3.63, 3.8) is 0 Å². The first-order valence-electron chi connectivity index (χ1n) is 6.01. The van der Waals surface area contributed by atoms with E-state index in [-0.39, 0.29) is 0 Å². The number of nitrogens with zero attached hydrogens (tertiary/aromatic N) is 2. The van der Waals surface area contributed by atoms with Gasteiger partial charge in [0, 0.05) is 31.2 Å². The SMILES string of the molecule is CN(C)c1ccc(Nc2ccc(/C=N/O)cc2)cc1. The zero-order valence-corrected chi connectivity index (χ0v) is 11.0. The maximum absolute atomic E-state index is 8.44. The van der Waals surface area contributed by atoms with Crippen molar-refractivity contribution in [1.29, 1.82) is 0 Å². The van der Waals surface area contributed by atoms with Crippen molar-refractivity contribution in [3.8, 4) is 0 Å². The highest BCUT2D eigenvalue weighted by Gasteiger charge is 1.97. The van der Waals surface area contributed by atoms with Crippen LogP contribution in [0.25, 0.3) is 0 Å². The van der Waals surface area contributed by atoms with Crippen molar-refractivity contribution < 1.29 is 5.21 Å². The Labute approximate surface area is 113 Å². The number of oxime groups is 1. The number of rotatable bonds is 4. The van der Waals surface area contributed by atoms with Crippen LogP contribution in [0.5, 0.6) is 0 Å². The molecule has 0 aliphatic carbocycles. The Hall–Kier alpha value is -2.49. The third kappa shape index (κ3) is 3.48. The lowest BCUT2D eigenvalue weighted by Crippen LogP contribution is -2.08. The predicted octanol–water partition coefficient (Wildman–Crippen LogP) is 3.30. The number of hydrogen-bond acceptors (Lipinski definition) is 4. The van der Waals surface area contributed by atoms with Gasteiger partial charge in [0.15, 0.2) is 0 Å². The summed E-state index contributed by atoms with van der Waals surface area (Å²) < 4.78 is 0. The lowest BCUT2D eigenvalue weighted by molar-refractivity contribution is 0.322. The number of nitrogens with one attached hydrogen (secondary N) is 1. The van der Waals surface area contributed by atoms with Gasteiger partial charge in [-0.05, 0) is 42.0 Å². The first-order valence-corrected chi connectivity index (χ1v) is 6.01. The van der Waals surface area contributed by atoms with Crippen molar-refractivity contribution in [3.05, 3.63) is 54.1 Å². The maximum atomic E-state index is 8.44. The molecule has 0 fully saturated rings. The average Bonchev–Trinajstić information content (AvgIpc) is 2.42. The fourth-order valence-electron chi connectivity index (χ4n) is 1.73. The molecule has 0 spiro atoms. The minimum atomic E-state index is 0.857. The summed E-state index contributed by atoms with van der Waals surface area (Å²) in [7, 11) is 4.04. The number of anilines is 3. The molecule has 0 aromatic heterocycles. The molecule has 0 aliphatic heterocycles. The van der Waals surface area contributed by atoms with E-state index < -0.39 is 0 Å². The zero-order valence-electron chi connectivity index (χ0n) is 11.0. The van der Waals surface area contributed by atoms with E-state index in [0.29, 0.717) is 0 Å². The summed E-state index contributed by atoms with van der Waals surface area (Å²) in [6.07, 6.45) is 1.40. The Morgan fingerprint density at radius 2 is 1.47 bits per heavy atom. The molecule has 19 heavy (non-hydrogen) atoms. The maximum Gasteiger partial charge on any atom is 0.0733 e. The van der Waals surface area contributed by atoms with E-state index in [9.17, 15) is 0 Å². The van der Waals surface area contributed by atoms with Gasteiger partial charge >= 0.3 is 0 Å². The fraction of sp³-hybridized carbons (Fsp3) is 0.133. The van der Waals surface area contributed by atoms with Gasteiger partial charge in [0.2, 0.25) is 0 Å². The molecule has 0 saturated heterocycles. The molecule has 4 nitrogen and oxygen atoms in total. The van der Waals surface area contributed by atoms with Gasteiger partial charge in [-0.2, -0.15) is 0 Å². The summed E-state index contributed by atoms with van der Waals surface area (Å²) in [6.45, 7) is 0. The van der Waals surface area contributed by atoms with Crippen molar-refractivity contribution in [1.82, 2.24) is 0 Å². The van der Waals surface area contributed by atoms with E-state index in [0.717, 1.165) is 16.9 Å². The second kappa shape index (κ2) is 5.91. The third-order valence-corrected chi connectivity index (χ3v) is 2.79. The van der Waals surface area contributed by atoms with Crippen molar-refractivity contribution >= 4 is 23.3 Å². The van der Waals surface area contributed by atoms with Crippen LogP contribution in [0.1, 0.15) is 5.56 Å². The van der Waals surface area contributed by atoms with Crippen molar-refractivity contribution in [2.24, 2.45) is 5.16 Å². The highest BCUT2D eigenvalue weighted by Crippen LogP contribution is 2.20. The van der Waals surface area contributed by atoms with Gasteiger partial charge in [-0.25, -0.2) is 0 Å². The largest absolute Gasteiger partial charge is 0.411 e. The monoisotopic (exact) mass is 255 g/mol. The van der Waals surface area contributed by atoms with Crippen molar-refractivity contribution in [2.45, 2.75) is 0 Å². The molecular formula is C15H17N3O. The van der Waals surface area contributed by atoms with Gasteiger partial charge in [-0.1, -0.05) is 17.3 Å². The van der Waals surface area contributed by atoms with Crippen LogP contribution in [0.3, 0.4) is 0 Å². The quantitative estimate of drug-likeness (QED) is 0.500. The van der Waals surface area contributed by atoms with Gasteiger partial charge < -0.3 is 15.4 Å². The fourth-order valence-corrected chi connectivity index (χ4v) is 1.73. The van der Waals surface area contributed by atoms with Gasteiger partial charge in [0.1, 0.15) is 0 Å². The smallest absolute Gasteiger partial charge is 0.0733 e. The van der Waals surface area contributed by atoms with E-state index in [1.54, 1.807) is 0 Å². The molecule has 0 unspecified atom stereocenters. The van der Waals surface area contributed by atoms with Gasteiger partial charge in [-0.15, -0.1) is 0 Å². The van der Waals surface area contributed by atoms with Crippen LogP contribution in [-0.4, -0.2) is 25.5 Å². The Morgan fingerprint density at radius 3 is 1.95 bits per heavy atom. The molecule has 0 radical (unpaired) electrons. The molecule has 0 amide bonds. The summed E-state index contributed by atoms with van der Waals surface area (Å²) in [6, 6.07) is 15.9. The third-order valence-electron chi connectivity index (χ3n) is 2.79. The first kappa shape index (κ1) is 13.0. The summed E-state index contributed by atoms with van der Waals surface area (Å²) in [5.74, 6) is 0. The Balaban J connectivity index is 2.08. The average molecular weight is 255 g/mol. The van der Waals surface area contributed by atoms with Crippen LogP contribution in [-0.2, 0) is 0 Å². The minimum absolute atomic E-state index is 0.857. The van der Waals surface area contributed by atoms with Gasteiger partial charge in [-0.3, -0.25) is 0 Å². The lowest BCUT2D eigenvalue weighted by Gasteiger charge is -2.13. The highest BCUT2D eigenvalue weighted by atomic mass is 16.4. The van der Waals surface area contributed by atoms with Crippen LogP contribution in [0.15, 0.2) is 53.7 Å². The van der Waals surface area contributed by atoms with E-state index >= 15 is 0 Å². The second-order valence-corrected chi connectivity index (χ2v) is 4.43. The molecule has 2 aromatic rings. The van der Waals surface area contributed by atoms with Crippen molar-refractivity contribution in [2.75, 3.05) is 24.3 Å². The summed E-state index contributed by atoms with van der Waals surface area (Å²) >= 11 is 0. The van der Waals surface area contributed by atoms with E-state index in [1.165, 1.54) is 11.9 Å². The molecule has 0 heterocycles. The lowest BCUT2D eigenvalue weighted by atomic mass is 10.2. The highest BCUT2D eigenvalue weighted by molar-refractivity contribution is 5.80. The van der Waals surface area contributed by atoms with E-state index in [4.69, 9.17) is 5.21 Å². The van der Waals surface area contributed by atoms with E-state index in [1.807, 2.05) is 50.5 Å². The normalized spacial score (nSPS) is 10.6. The minimum Gasteiger partial charge on any atom is -0.411 e. The molecule has 0 bridgehead atoms. The Morgan fingerprint density at radius 1 is 0.947 bits per heavy atom. The number of benzene rings is 2. The van der Waals surface area contributed by atoms with Crippen LogP contribution in [0.4, 0.5) is 17.1 Å².